The van der Waals surface area contributed by atoms with Crippen LogP contribution in [0, 0.1) is 0 Å². The first-order valence-corrected chi connectivity index (χ1v) is 9.79. The third-order valence-electron chi connectivity index (χ3n) is 5.08. The van der Waals surface area contributed by atoms with E-state index in [4.69, 9.17) is 4.74 Å². The number of morpholine rings is 1. The largest absolute Gasteiger partial charge is 0.417 e. The van der Waals surface area contributed by atoms with Gasteiger partial charge in [0.2, 0.25) is 0 Å². The number of hydrogen-bond donors (Lipinski definition) is 0. The van der Waals surface area contributed by atoms with E-state index in [1.807, 2.05) is 25.1 Å². The molecule has 1 aromatic carbocycles. The Kier molecular flexibility index (Phi) is 5.56. The molecule has 154 valence electrons. The molecule has 3 aromatic rings. The molecular weight excluding hydrogens is 381 g/mol. The highest BCUT2D eigenvalue weighted by atomic mass is 19.4. The maximum Gasteiger partial charge on any atom is 0.417 e. The van der Waals surface area contributed by atoms with Crippen LogP contribution in [0.1, 0.15) is 24.5 Å². The number of aryl methyl sites for hydroxylation is 1. The van der Waals surface area contributed by atoms with Crippen molar-refractivity contribution >= 4 is 11.0 Å². The van der Waals surface area contributed by atoms with E-state index in [0.29, 0.717) is 31.0 Å². The number of rotatable bonds is 5. The highest BCUT2D eigenvalue weighted by Gasteiger charge is 2.34. The molecule has 0 saturated carbocycles. The van der Waals surface area contributed by atoms with Crippen LogP contribution in [0.3, 0.4) is 0 Å². The average Bonchev–Trinajstić information content (AvgIpc) is 3.11. The molecule has 0 aliphatic carbocycles. The summed E-state index contributed by atoms with van der Waals surface area (Å²) in [6.07, 6.45) is -2.44. The highest BCUT2D eigenvalue weighted by Crippen LogP contribution is 2.37. The van der Waals surface area contributed by atoms with E-state index in [1.54, 1.807) is 10.7 Å². The Bertz CT molecular complexity index is 993. The fourth-order valence-corrected chi connectivity index (χ4v) is 3.65. The van der Waals surface area contributed by atoms with Gasteiger partial charge in [-0.05, 0) is 24.1 Å². The minimum absolute atomic E-state index is 0.0409. The minimum Gasteiger partial charge on any atom is -0.379 e. The second kappa shape index (κ2) is 8.12. The van der Waals surface area contributed by atoms with Crippen molar-refractivity contribution < 1.29 is 17.9 Å². The lowest BCUT2D eigenvalue weighted by molar-refractivity contribution is -0.136. The zero-order chi connectivity index (χ0) is 20.4. The smallest absolute Gasteiger partial charge is 0.379 e. The molecule has 8 heteroatoms. The highest BCUT2D eigenvalue weighted by molar-refractivity contribution is 5.83. The minimum atomic E-state index is -4.47. The maximum atomic E-state index is 13.7. The molecule has 4 rings (SSSR count). The van der Waals surface area contributed by atoms with Gasteiger partial charge in [0, 0.05) is 31.7 Å². The van der Waals surface area contributed by atoms with E-state index in [0.717, 1.165) is 37.7 Å². The molecule has 5 nitrogen and oxygen atoms in total. The summed E-state index contributed by atoms with van der Waals surface area (Å²) in [5.41, 5.74) is 1.61. The van der Waals surface area contributed by atoms with Gasteiger partial charge in [-0.1, -0.05) is 25.1 Å². The Morgan fingerprint density at radius 2 is 1.93 bits per heavy atom. The van der Waals surface area contributed by atoms with E-state index in [-0.39, 0.29) is 11.0 Å². The van der Waals surface area contributed by atoms with E-state index in [1.165, 1.54) is 6.20 Å². The predicted octanol–water partition coefficient (Wildman–Crippen LogP) is 4.36. The van der Waals surface area contributed by atoms with E-state index in [2.05, 4.69) is 15.0 Å². The second-order valence-corrected chi connectivity index (χ2v) is 7.25. The molecule has 1 aliphatic heterocycles. The van der Waals surface area contributed by atoms with Crippen LogP contribution in [0.25, 0.3) is 22.3 Å². The molecule has 1 fully saturated rings. The maximum absolute atomic E-state index is 13.7. The van der Waals surface area contributed by atoms with Gasteiger partial charge in [0.05, 0.1) is 36.1 Å². The van der Waals surface area contributed by atoms with Crippen molar-refractivity contribution in [2.24, 2.45) is 0 Å². The Labute approximate surface area is 167 Å². The Hall–Kier alpha value is -2.45. The number of hydrogen-bond acceptors (Lipinski definition) is 4. The topological polar surface area (TPSA) is 43.2 Å². The summed E-state index contributed by atoms with van der Waals surface area (Å²) in [5.74, 6) is 0. The average molecular weight is 404 g/mol. The molecule has 29 heavy (non-hydrogen) atoms. The lowest BCUT2D eigenvalue weighted by Gasteiger charge is -2.26. The van der Waals surface area contributed by atoms with Crippen molar-refractivity contribution in [2.45, 2.75) is 32.6 Å². The van der Waals surface area contributed by atoms with E-state index in [9.17, 15) is 13.2 Å². The molecule has 0 bridgehead atoms. The number of pyridine rings is 1. The third-order valence-corrected chi connectivity index (χ3v) is 5.08. The first-order valence-electron chi connectivity index (χ1n) is 9.79. The van der Waals surface area contributed by atoms with Crippen LogP contribution in [0.4, 0.5) is 13.2 Å². The summed E-state index contributed by atoms with van der Waals surface area (Å²) in [5, 5.41) is 4.17. The summed E-state index contributed by atoms with van der Waals surface area (Å²) in [4.78, 5) is 6.83. The normalized spacial score (nSPS) is 15.9. The summed E-state index contributed by atoms with van der Waals surface area (Å²) < 4.78 is 48.1. The number of halogens is 3. The zero-order valence-corrected chi connectivity index (χ0v) is 16.2. The standard InChI is InChI=1S/C21H23F3N4O/c1-2-6-28-20-17(13-25-28)18(21(22,23)24)12-19(26-20)16-5-3-4-15(11-16)14-27-7-9-29-10-8-27/h3-5,11-13H,2,6-10,14H2,1H3. The number of alkyl halides is 3. The summed E-state index contributed by atoms with van der Waals surface area (Å²) in [6, 6.07) is 8.72. The predicted molar refractivity (Wildman–Crippen MR) is 104 cm³/mol. The molecule has 0 N–H and O–H groups in total. The van der Waals surface area contributed by atoms with Crippen molar-refractivity contribution in [1.82, 2.24) is 19.7 Å². The number of benzene rings is 1. The van der Waals surface area contributed by atoms with Gasteiger partial charge in [-0.3, -0.25) is 4.90 Å². The van der Waals surface area contributed by atoms with Crippen LogP contribution in [-0.2, 0) is 24.0 Å². The van der Waals surface area contributed by atoms with E-state index < -0.39 is 11.7 Å². The molecule has 0 unspecified atom stereocenters. The van der Waals surface area contributed by atoms with Crippen LogP contribution in [0.5, 0.6) is 0 Å². The number of nitrogens with zero attached hydrogens (tertiary/aromatic N) is 4. The van der Waals surface area contributed by atoms with Gasteiger partial charge in [0.1, 0.15) is 0 Å². The number of ether oxygens (including phenoxy) is 1. The quantitative estimate of drug-likeness (QED) is 0.634. The Balaban J connectivity index is 1.75. The van der Waals surface area contributed by atoms with Gasteiger partial charge in [0.25, 0.3) is 0 Å². The monoisotopic (exact) mass is 404 g/mol. The first kappa shape index (κ1) is 19.8. The molecule has 1 saturated heterocycles. The van der Waals surface area contributed by atoms with Crippen LogP contribution >= 0.6 is 0 Å². The lowest BCUT2D eigenvalue weighted by atomic mass is 10.0. The fourth-order valence-electron chi connectivity index (χ4n) is 3.65. The van der Waals surface area contributed by atoms with Crippen molar-refractivity contribution in [3.63, 3.8) is 0 Å². The number of aromatic nitrogens is 3. The van der Waals surface area contributed by atoms with Crippen molar-refractivity contribution in [3.8, 4) is 11.3 Å². The number of fused-ring (bicyclic) bond motifs is 1. The molecular formula is C21H23F3N4O. The summed E-state index contributed by atoms with van der Waals surface area (Å²) >= 11 is 0. The van der Waals surface area contributed by atoms with Crippen molar-refractivity contribution in [3.05, 3.63) is 47.7 Å². The van der Waals surface area contributed by atoms with Crippen LogP contribution in [0.2, 0.25) is 0 Å². The molecule has 0 radical (unpaired) electrons. The van der Waals surface area contributed by atoms with Crippen LogP contribution < -0.4 is 0 Å². The van der Waals surface area contributed by atoms with Crippen LogP contribution in [-0.4, -0.2) is 46.0 Å². The zero-order valence-electron chi connectivity index (χ0n) is 16.2. The first-order chi connectivity index (χ1) is 14.0. The molecule has 0 atom stereocenters. The molecule has 0 amide bonds. The van der Waals surface area contributed by atoms with Crippen molar-refractivity contribution in [2.75, 3.05) is 26.3 Å². The van der Waals surface area contributed by atoms with Crippen LogP contribution in [0.15, 0.2) is 36.5 Å². The molecule has 0 spiro atoms. The summed E-state index contributed by atoms with van der Waals surface area (Å²) in [7, 11) is 0. The van der Waals surface area contributed by atoms with Crippen molar-refractivity contribution in [1.29, 1.82) is 0 Å². The van der Waals surface area contributed by atoms with Gasteiger partial charge in [-0.25, -0.2) is 9.67 Å². The Morgan fingerprint density at radius 1 is 1.14 bits per heavy atom. The SMILES string of the molecule is CCCn1ncc2c(C(F)(F)F)cc(-c3cccc(CN4CCOCC4)c3)nc21. The van der Waals surface area contributed by atoms with Gasteiger partial charge >= 0.3 is 6.18 Å². The van der Waals surface area contributed by atoms with Gasteiger partial charge in [-0.2, -0.15) is 18.3 Å². The lowest BCUT2D eigenvalue weighted by Crippen LogP contribution is -2.35. The van der Waals surface area contributed by atoms with Gasteiger partial charge in [-0.15, -0.1) is 0 Å². The third kappa shape index (κ3) is 4.28. The summed E-state index contributed by atoms with van der Waals surface area (Å²) in [6.45, 7) is 6.32. The van der Waals surface area contributed by atoms with Gasteiger partial charge in [0.15, 0.2) is 5.65 Å². The molecule has 2 aromatic heterocycles. The second-order valence-electron chi connectivity index (χ2n) is 7.25. The molecule has 1 aliphatic rings. The van der Waals surface area contributed by atoms with E-state index >= 15 is 0 Å². The Morgan fingerprint density at radius 3 is 2.66 bits per heavy atom. The van der Waals surface area contributed by atoms with Gasteiger partial charge < -0.3 is 4.74 Å². The molecule has 3 heterocycles. The fraction of sp³-hybridized carbons (Fsp3) is 0.429.